The van der Waals surface area contributed by atoms with Gasteiger partial charge in [0.15, 0.2) is 0 Å². The van der Waals surface area contributed by atoms with Gasteiger partial charge in [-0.1, -0.05) is 11.6 Å². The molecule has 26 heavy (non-hydrogen) atoms. The molecule has 0 bridgehead atoms. The van der Waals surface area contributed by atoms with Crippen LogP contribution in [0.3, 0.4) is 0 Å². The quantitative estimate of drug-likeness (QED) is 0.686. The molecule has 0 radical (unpaired) electrons. The van der Waals surface area contributed by atoms with Crippen LogP contribution in [0.2, 0.25) is 5.02 Å². The molecule has 0 saturated carbocycles. The number of rotatable bonds is 5. The zero-order valence-corrected chi connectivity index (χ0v) is 15.0. The zero-order chi connectivity index (χ0) is 18.5. The maximum Gasteiger partial charge on any atom is 0.130 e. The second kappa shape index (κ2) is 7.77. The van der Waals surface area contributed by atoms with E-state index in [2.05, 4.69) is 16.4 Å². The average Bonchev–Trinajstić information content (AvgIpc) is 2.69. The van der Waals surface area contributed by atoms with Crippen molar-refractivity contribution in [2.45, 2.75) is 0 Å². The van der Waals surface area contributed by atoms with E-state index >= 15 is 0 Å². The fourth-order valence-corrected chi connectivity index (χ4v) is 2.71. The number of nitrogens with one attached hydrogen (secondary N) is 1. The lowest BCUT2D eigenvalue weighted by molar-refractivity contribution is 0.395. The van der Waals surface area contributed by atoms with Crippen molar-refractivity contribution in [1.82, 2.24) is 4.98 Å². The maximum atomic E-state index is 9.52. The van der Waals surface area contributed by atoms with E-state index in [1.165, 1.54) is 6.20 Å². The monoisotopic (exact) mass is 365 g/mol. The summed E-state index contributed by atoms with van der Waals surface area (Å²) in [4.78, 5) is 4.20. The van der Waals surface area contributed by atoms with E-state index in [9.17, 15) is 5.26 Å². The van der Waals surface area contributed by atoms with Crippen LogP contribution in [0.25, 0.3) is 11.1 Å². The van der Waals surface area contributed by atoms with Crippen molar-refractivity contribution in [2.24, 2.45) is 0 Å². The third-order valence-electron chi connectivity index (χ3n) is 3.88. The number of nitrogens with zero attached hydrogens (tertiary/aromatic N) is 2. The fourth-order valence-electron chi connectivity index (χ4n) is 2.58. The SMILES string of the molecule is COc1ccc(-c2cncc(C#N)c2Nc2ccc(Cl)cc2)c(OC)c1. The second-order valence-corrected chi connectivity index (χ2v) is 5.86. The molecule has 0 fully saturated rings. The van der Waals surface area contributed by atoms with Crippen LogP contribution in [0.1, 0.15) is 5.56 Å². The first-order chi connectivity index (χ1) is 12.7. The van der Waals surface area contributed by atoms with Gasteiger partial charge in [0.2, 0.25) is 0 Å². The molecule has 0 unspecified atom stereocenters. The number of aromatic nitrogens is 1. The Morgan fingerprint density at radius 3 is 2.42 bits per heavy atom. The summed E-state index contributed by atoms with van der Waals surface area (Å²) in [5.74, 6) is 1.31. The van der Waals surface area contributed by atoms with Gasteiger partial charge in [-0.3, -0.25) is 4.98 Å². The summed E-state index contributed by atoms with van der Waals surface area (Å²) >= 11 is 5.95. The molecule has 3 rings (SSSR count). The summed E-state index contributed by atoms with van der Waals surface area (Å²) in [6, 6.07) is 14.9. The molecule has 1 heterocycles. The highest BCUT2D eigenvalue weighted by molar-refractivity contribution is 6.30. The Balaban J connectivity index is 2.14. The molecule has 5 nitrogen and oxygen atoms in total. The van der Waals surface area contributed by atoms with Crippen molar-refractivity contribution >= 4 is 23.0 Å². The lowest BCUT2D eigenvalue weighted by atomic mass is 10.0. The molecular formula is C20H16ClN3O2. The Morgan fingerprint density at radius 1 is 1.00 bits per heavy atom. The molecule has 0 aliphatic heterocycles. The van der Waals surface area contributed by atoms with Crippen LogP contribution < -0.4 is 14.8 Å². The van der Waals surface area contributed by atoms with Crippen LogP contribution in [0, 0.1) is 11.3 Å². The lowest BCUT2D eigenvalue weighted by Gasteiger charge is -2.16. The maximum absolute atomic E-state index is 9.52. The predicted molar refractivity (Wildman–Crippen MR) is 102 cm³/mol. The molecule has 0 saturated heterocycles. The van der Waals surface area contributed by atoms with E-state index in [1.54, 1.807) is 38.6 Å². The number of nitriles is 1. The molecule has 0 atom stereocenters. The molecule has 2 aromatic carbocycles. The molecule has 6 heteroatoms. The van der Waals surface area contributed by atoms with Crippen molar-refractivity contribution < 1.29 is 9.47 Å². The minimum atomic E-state index is 0.426. The molecule has 1 N–H and O–H groups in total. The Bertz CT molecular complexity index is 966. The van der Waals surface area contributed by atoms with Gasteiger partial charge in [0.25, 0.3) is 0 Å². The predicted octanol–water partition coefficient (Wildman–Crippen LogP) is 5.03. The van der Waals surface area contributed by atoms with Crippen LogP contribution in [-0.2, 0) is 0 Å². The fraction of sp³-hybridized carbons (Fsp3) is 0.100. The highest BCUT2D eigenvalue weighted by Crippen LogP contribution is 2.39. The van der Waals surface area contributed by atoms with E-state index in [0.29, 0.717) is 27.8 Å². The van der Waals surface area contributed by atoms with Gasteiger partial charge >= 0.3 is 0 Å². The number of anilines is 2. The number of halogens is 1. The number of methoxy groups -OCH3 is 2. The summed E-state index contributed by atoms with van der Waals surface area (Å²) in [5, 5.41) is 13.4. The first kappa shape index (κ1) is 17.6. The summed E-state index contributed by atoms with van der Waals surface area (Å²) in [7, 11) is 3.19. The normalized spacial score (nSPS) is 10.1. The average molecular weight is 366 g/mol. The third-order valence-corrected chi connectivity index (χ3v) is 4.13. The third kappa shape index (κ3) is 3.56. The van der Waals surface area contributed by atoms with Crippen molar-refractivity contribution in [3.8, 4) is 28.7 Å². The first-order valence-electron chi connectivity index (χ1n) is 7.79. The van der Waals surface area contributed by atoms with E-state index < -0.39 is 0 Å². The topological polar surface area (TPSA) is 67.2 Å². The molecule has 0 aliphatic carbocycles. The summed E-state index contributed by atoms with van der Waals surface area (Å²) < 4.78 is 10.8. The van der Waals surface area contributed by atoms with Gasteiger partial charge < -0.3 is 14.8 Å². The molecule has 3 aromatic rings. The van der Waals surface area contributed by atoms with Crippen molar-refractivity contribution in [3.05, 3.63) is 65.4 Å². The van der Waals surface area contributed by atoms with E-state index in [4.69, 9.17) is 21.1 Å². The molecule has 0 aliphatic rings. The first-order valence-corrected chi connectivity index (χ1v) is 8.17. The van der Waals surface area contributed by atoms with E-state index in [0.717, 1.165) is 16.8 Å². The summed E-state index contributed by atoms with van der Waals surface area (Å²) in [6.07, 6.45) is 3.22. The minimum Gasteiger partial charge on any atom is -0.497 e. The van der Waals surface area contributed by atoms with E-state index in [-0.39, 0.29) is 0 Å². The highest BCUT2D eigenvalue weighted by Gasteiger charge is 2.16. The molecule has 0 spiro atoms. The second-order valence-electron chi connectivity index (χ2n) is 5.42. The Kier molecular flexibility index (Phi) is 5.26. The van der Waals surface area contributed by atoms with Gasteiger partial charge in [0, 0.05) is 40.3 Å². The number of pyridine rings is 1. The number of hydrogen-bond acceptors (Lipinski definition) is 5. The Labute approximate surface area is 156 Å². The van der Waals surface area contributed by atoms with Crippen molar-refractivity contribution in [2.75, 3.05) is 19.5 Å². The summed E-state index contributed by atoms with van der Waals surface area (Å²) in [6.45, 7) is 0. The van der Waals surface area contributed by atoms with E-state index in [1.807, 2.05) is 24.3 Å². The smallest absolute Gasteiger partial charge is 0.130 e. The van der Waals surface area contributed by atoms with Gasteiger partial charge in [-0.25, -0.2) is 0 Å². The van der Waals surface area contributed by atoms with Crippen molar-refractivity contribution in [3.63, 3.8) is 0 Å². The van der Waals surface area contributed by atoms with Gasteiger partial charge in [0.05, 0.1) is 25.5 Å². The van der Waals surface area contributed by atoms with Crippen LogP contribution in [-0.4, -0.2) is 19.2 Å². The van der Waals surface area contributed by atoms with Crippen LogP contribution in [0.15, 0.2) is 54.9 Å². The highest BCUT2D eigenvalue weighted by atomic mass is 35.5. The standard InChI is InChI=1S/C20H16ClN3O2/c1-25-16-7-8-17(19(9-16)26-2)18-12-23-11-13(10-22)20(18)24-15-5-3-14(21)4-6-15/h3-9,11-12H,1-2H3,(H,23,24). The van der Waals surface area contributed by atoms with Gasteiger partial charge in [-0.05, 0) is 36.4 Å². The largest absolute Gasteiger partial charge is 0.497 e. The number of ether oxygens (including phenoxy) is 2. The minimum absolute atomic E-state index is 0.426. The lowest BCUT2D eigenvalue weighted by Crippen LogP contribution is -1.99. The Morgan fingerprint density at radius 2 is 1.77 bits per heavy atom. The zero-order valence-electron chi connectivity index (χ0n) is 14.3. The molecule has 1 aromatic heterocycles. The Hall–Kier alpha value is -3.23. The van der Waals surface area contributed by atoms with Crippen molar-refractivity contribution in [1.29, 1.82) is 5.26 Å². The van der Waals surface area contributed by atoms with Crippen LogP contribution in [0.5, 0.6) is 11.5 Å². The number of hydrogen-bond donors (Lipinski definition) is 1. The molecule has 130 valence electrons. The molecule has 0 amide bonds. The van der Waals surface area contributed by atoms with Gasteiger partial charge in [-0.2, -0.15) is 5.26 Å². The van der Waals surface area contributed by atoms with Gasteiger partial charge in [-0.15, -0.1) is 0 Å². The number of benzene rings is 2. The van der Waals surface area contributed by atoms with Crippen LogP contribution >= 0.6 is 11.6 Å². The van der Waals surface area contributed by atoms with Crippen LogP contribution in [0.4, 0.5) is 11.4 Å². The molecular weight excluding hydrogens is 350 g/mol. The summed E-state index contributed by atoms with van der Waals surface area (Å²) in [5.41, 5.74) is 3.43. The van der Waals surface area contributed by atoms with Gasteiger partial charge in [0.1, 0.15) is 17.6 Å².